The molecule has 136 valence electrons. The zero-order chi connectivity index (χ0) is 17.3. The second kappa shape index (κ2) is 9.55. The normalized spacial score (nSPS) is 16.5. The molecule has 0 radical (unpaired) electrons. The number of urea groups is 1. The number of carbonyl (C=O) groups is 1. The SMILES string of the molecule is O=C(NCCCn1cccn1)NCC(c1cccs1)N1CCOCC1. The molecule has 0 bridgehead atoms. The Labute approximate surface area is 152 Å². The zero-order valence-electron chi connectivity index (χ0n) is 14.3. The molecular formula is C17H25N5O2S. The van der Waals surface area contributed by atoms with E-state index in [1.54, 1.807) is 17.5 Å². The number of aromatic nitrogens is 2. The number of morpholine rings is 1. The maximum Gasteiger partial charge on any atom is 0.314 e. The topological polar surface area (TPSA) is 71.4 Å². The standard InChI is InChI=1S/C17H25N5O2S/c23-17(18-5-2-7-22-8-3-6-20-22)19-14-15(16-4-1-13-25-16)21-9-11-24-12-10-21/h1,3-4,6,8,13,15H,2,5,7,9-12,14H2,(H2,18,19,23). The number of carbonyl (C=O) groups excluding carboxylic acids is 1. The molecule has 8 heteroatoms. The summed E-state index contributed by atoms with van der Waals surface area (Å²) in [5.41, 5.74) is 0. The zero-order valence-corrected chi connectivity index (χ0v) is 15.1. The Balaban J connectivity index is 1.41. The first-order valence-corrected chi connectivity index (χ1v) is 9.55. The quantitative estimate of drug-likeness (QED) is 0.701. The van der Waals surface area contributed by atoms with Crippen LogP contribution in [0.2, 0.25) is 0 Å². The summed E-state index contributed by atoms with van der Waals surface area (Å²) < 4.78 is 7.31. The van der Waals surface area contributed by atoms with E-state index >= 15 is 0 Å². The molecule has 0 aliphatic carbocycles. The van der Waals surface area contributed by atoms with Crippen LogP contribution in [-0.4, -0.2) is 60.1 Å². The molecule has 1 aliphatic heterocycles. The van der Waals surface area contributed by atoms with Crippen molar-refractivity contribution in [2.24, 2.45) is 0 Å². The van der Waals surface area contributed by atoms with E-state index in [9.17, 15) is 4.79 Å². The molecule has 1 unspecified atom stereocenters. The van der Waals surface area contributed by atoms with E-state index in [0.717, 1.165) is 39.3 Å². The van der Waals surface area contributed by atoms with Crippen molar-refractivity contribution in [3.05, 3.63) is 40.8 Å². The van der Waals surface area contributed by atoms with E-state index in [1.165, 1.54) is 4.88 Å². The first kappa shape index (κ1) is 17.9. The molecule has 7 nitrogen and oxygen atoms in total. The molecule has 3 rings (SSSR count). The van der Waals surface area contributed by atoms with Crippen molar-refractivity contribution >= 4 is 17.4 Å². The van der Waals surface area contributed by atoms with Crippen LogP contribution in [0.3, 0.4) is 0 Å². The number of hydrogen-bond donors (Lipinski definition) is 2. The molecule has 0 saturated carbocycles. The Kier molecular flexibility index (Phi) is 6.84. The average Bonchev–Trinajstić information content (AvgIpc) is 3.34. The number of thiophene rings is 1. The molecule has 0 aromatic carbocycles. The molecule has 2 aromatic rings. The summed E-state index contributed by atoms with van der Waals surface area (Å²) in [4.78, 5) is 15.7. The third-order valence-electron chi connectivity index (χ3n) is 4.22. The lowest BCUT2D eigenvalue weighted by Gasteiger charge is -2.34. The fraction of sp³-hybridized carbons (Fsp3) is 0.529. The molecule has 1 fully saturated rings. The van der Waals surface area contributed by atoms with Gasteiger partial charge in [0.05, 0.1) is 19.3 Å². The monoisotopic (exact) mass is 363 g/mol. The van der Waals surface area contributed by atoms with Gasteiger partial charge in [-0.25, -0.2) is 4.79 Å². The van der Waals surface area contributed by atoms with Crippen molar-refractivity contribution in [2.75, 3.05) is 39.4 Å². The van der Waals surface area contributed by atoms with Crippen molar-refractivity contribution in [3.8, 4) is 0 Å². The highest BCUT2D eigenvalue weighted by Crippen LogP contribution is 2.25. The lowest BCUT2D eigenvalue weighted by molar-refractivity contribution is 0.0174. The molecular weight excluding hydrogens is 338 g/mol. The first-order chi connectivity index (χ1) is 12.3. The van der Waals surface area contributed by atoms with Crippen LogP contribution < -0.4 is 10.6 Å². The molecule has 1 aliphatic rings. The number of ether oxygens (including phenoxy) is 1. The lowest BCUT2D eigenvalue weighted by Crippen LogP contribution is -2.45. The van der Waals surface area contributed by atoms with Crippen LogP contribution in [0.5, 0.6) is 0 Å². The lowest BCUT2D eigenvalue weighted by atomic mass is 10.2. The Bertz CT molecular complexity index is 611. The maximum absolute atomic E-state index is 12.1. The van der Waals surface area contributed by atoms with Gasteiger partial charge in [-0.2, -0.15) is 5.10 Å². The van der Waals surface area contributed by atoms with Gasteiger partial charge in [-0.1, -0.05) is 6.07 Å². The van der Waals surface area contributed by atoms with Gasteiger partial charge in [0.25, 0.3) is 0 Å². The van der Waals surface area contributed by atoms with Gasteiger partial charge >= 0.3 is 6.03 Å². The Hall–Kier alpha value is -1.90. The number of aryl methyl sites for hydroxylation is 1. The highest BCUT2D eigenvalue weighted by molar-refractivity contribution is 7.10. The first-order valence-electron chi connectivity index (χ1n) is 8.67. The van der Waals surface area contributed by atoms with Gasteiger partial charge in [0.1, 0.15) is 0 Å². The Morgan fingerprint density at radius 3 is 2.92 bits per heavy atom. The van der Waals surface area contributed by atoms with E-state index in [0.29, 0.717) is 13.1 Å². The van der Waals surface area contributed by atoms with Crippen LogP contribution in [0, 0.1) is 0 Å². The van der Waals surface area contributed by atoms with Crippen molar-refractivity contribution < 1.29 is 9.53 Å². The number of nitrogens with zero attached hydrogens (tertiary/aromatic N) is 3. The van der Waals surface area contributed by atoms with Gasteiger partial charge < -0.3 is 15.4 Å². The summed E-state index contributed by atoms with van der Waals surface area (Å²) in [6.07, 6.45) is 4.54. The second-order valence-electron chi connectivity index (χ2n) is 5.94. The van der Waals surface area contributed by atoms with E-state index in [1.807, 2.05) is 16.9 Å². The fourth-order valence-corrected chi connectivity index (χ4v) is 3.77. The van der Waals surface area contributed by atoms with E-state index in [2.05, 4.69) is 38.1 Å². The smallest absolute Gasteiger partial charge is 0.314 e. The summed E-state index contributed by atoms with van der Waals surface area (Å²) in [5, 5.41) is 12.2. The number of amides is 2. The van der Waals surface area contributed by atoms with E-state index in [-0.39, 0.29) is 12.1 Å². The summed E-state index contributed by atoms with van der Waals surface area (Å²) >= 11 is 1.73. The van der Waals surface area contributed by atoms with Gasteiger partial charge in [-0.15, -0.1) is 11.3 Å². The number of hydrogen-bond acceptors (Lipinski definition) is 5. The van der Waals surface area contributed by atoms with Crippen molar-refractivity contribution in [1.29, 1.82) is 0 Å². The predicted molar refractivity (Wildman–Crippen MR) is 97.7 cm³/mol. The largest absolute Gasteiger partial charge is 0.379 e. The highest BCUT2D eigenvalue weighted by atomic mass is 32.1. The van der Waals surface area contributed by atoms with Gasteiger partial charge in [-0.05, 0) is 23.9 Å². The molecule has 1 atom stereocenters. The average molecular weight is 363 g/mol. The Morgan fingerprint density at radius 2 is 2.20 bits per heavy atom. The predicted octanol–water partition coefficient (Wildman–Crippen LogP) is 1.71. The minimum absolute atomic E-state index is 0.115. The molecule has 25 heavy (non-hydrogen) atoms. The summed E-state index contributed by atoms with van der Waals surface area (Å²) in [6, 6.07) is 6.18. The van der Waals surface area contributed by atoms with Crippen LogP contribution >= 0.6 is 11.3 Å². The third kappa shape index (κ3) is 5.55. The van der Waals surface area contributed by atoms with Crippen LogP contribution in [-0.2, 0) is 11.3 Å². The van der Waals surface area contributed by atoms with Gasteiger partial charge in [0.2, 0.25) is 0 Å². The van der Waals surface area contributed by atoms with Crippen LogP contribution in [0.25, 0.3) is 0 Å². The highest BCUT2D eigenvalue weighted by Gasteiger charge is 2.23. The maximum atomic E-state index is 12.1. The van der Waals surface area contributed by atoms with Gasteiger partial charge in [-0.3, -0.25) is 9.58 Å². The minimum Gasteiger partial charge on any atom is -0.379 e. The molecule has 3 heterocycles. The molecule has 2 aromatic heterocycles. The molecule has 1 saturated heterocycles. The van der Waals surface area contributed by atoms with Crippen molar-refractivity contribution in [1.82, 2.24) is 25.3 Å². The number of rotatable bonds is 8. The van der Waals surface area contributed by atoms with E-state index < -0.39 is 0 Å². The minimum atomic E-state index is -0.115. The van der Waals surface area contributed by atoms with E-state index in [4.69, 9.17) is 4.74 Å². The van der Waals surface area contributed by atoms with Crippen LogP contribution in [0.15, 0.2) is 36.0 Å². The van der Waals surface area contributed by atoms with Crippen molar-refractivity contribution in [3.63, 3.8) is 0 Å². The van der Waals surface area contributed by atoms with Gasteiger partial charge in [0, 0.05) is 50.0 Å². The molecule has 2 amide bonds. The fourth-order valence-electron chi connectivity index (χ4n) is 2.91. The number of nitrogens with one attached hydrogen (secondary N) is 2. The molecule has 2 N–H and O–H groups in total. The van der Waals surface area contributed by atoms with Crippen LogP contribution in [0.4, 0.5) is 4.79 Å². The second-order valence-corrected chi connectivity index (χ2v) is 6.92. The van der Waals surface area contributed by atoms with Crippen LogP contribution in [0.1, 0.15) is 17.3 Å². The summed E-state index contributed by atoms with van der Waals surface area (Å²) in [7, 11) is 0. The van der Waals surface area contributed by atoms with Gasteiger partial charge in [0.15, 0.2) is 0 Å². The summed E-state index contributed by atoms with van der Waals surface area (Å²) in [5.74, 6) is 0. The summed E-state index contributed by atoms with van der Waals surface area (Å²) in [6.45, 7) is 5.34. The Morgan fingerprint density at radius 1 is 1.32 bits per heavy atom. The third-order valence-corrected chi connectivity index (χ3v) is 5.20. The van der Waals surface area contributed by atoms with Crippen molar-refractivity contribution in [2.45, 2.75) is 19.0 Å². The molecule has 0 spiro atoms.